The third kappa shape index (κ3) is 4.98. The molecular weight excluding hydrogens is 486 g/mol. The average Bonchev–Trinajstić information content (AvgIpc) is 3.52. The van der Waals surface area contributed by atoms with Crippen molar-refractivity contribution in [2.45, 2.75) is 45.8 Å². The summed E-state index contributed by atoms with van der Waals surface area (Å²) < 4.78 is 13.1. The molecule has 1 fully saturated rings. The first-order valence-corrected chi connectivity index (χ1v) is 13.4. The van der Waals surface area contributed by atoms with Gasteiger partial charge < -0.3 is 14.4 Å². The van der Waals surface area contributed by atoms with Crippen LogP contribution in [0.15, 0.2) is 69.6 Å². The normalized spacial score (nSPS) is 17.7. The van der Waals surface area contributed by atoms with Crippen LogP contribution < -0.4 is 24.5 Å². The Hall–Kier alpha value is -3.65. The highest BCUT2D eigenvalue weighted by molar-refractivity contribution is 7.07. The molecule has 0 spiro atoms. The first-order chi connectivity index (χ1) is 17.9. The summed E-state index contributed by atoms with van der Waals surface area (Å²) in [6.07, 6.45) is 4.06. The molecule has 192 valence electrons. The Bertz CT molecular complexity index is 1510. The molecule has 7 nitrogen and oxygen atoms in total. The lowest BCUT2D eigenvalue weighted by atomic mass is 9.96. The van der Waals surface area contributed by atoms with Crippen molar-refractivity contribution in [3.8, 4) is 5.75 Å². The van der Waals surface area contributed by atoms with E-state index in [1.165, 1.54) is 29.9 Å². The molecule has 1 atom stereocenters. The van der Waals surface area contributed by atoms with Gasteiger partial charge in [-0.2, -0.15) is 0 Å². The highest BCUT2D eigenvalue weighted by atomic mass is 32.1. The molecule has 1 saturated heterocycles. The number of benzene rings is 2. The molecule has 2 aliphatic rings. The molecule has 0 unspecified atom stereocenters. The van der Waals surface area contributed by atoms with E-state index >= 15 is 0 Å². The van der Waals surface area contributed by atoms with Crippen molar-refractivity contribution in [2.24, 2.45) is 4.99 Å². The lowest BCUT2D eigenvalue weighted by molar-refractivity contribution is -0.143. The molecule has 5 rings (SSSR count). The number of allylic oxidation sites excluding steroid dienone is 1. The summed E-state index contributed by atoms with van der Waals surface area (Å²) in [6.45, 7) is 7.58. The number of anilines is 1. The van der Waals surface area contributed by atoms with Crippen LogP contribution in [0.4, 0.5) is 5.69 Å². The molecule has 0 saturated carbocycles. The van der Waals surface area contributed by atoms with Crippen molar-refractivity contribution >= 4 is 29.1 Å². The minimum absolute atomic E-state index is 0.185. The zero-order valence-corrected chi connectivity index (χ0v) is 22.4. The van der Waals surface area contributed by atoms with Crippen molar-refractivity contribution in [1.82, 2.24) is 4.57 Å². The number of ether oxygens (including phenoxy) is 2. The monoisotopic (exact) mass is 517 g/mol. The van der Waals surface area contributed by atoms with Crippen LogP contribution >= 0.6 is 11.3 Å². The summed E-state index contributed by atoms with van der Waals surface area (Å²) in [5, 5.41) is 0. The maximum absolute atomic E-state index is 13.8. The lowest BCUT2D eigenvalue weighted by Gasteiger charge is -2.25. The Kier molecular flexibility index (Phi) is 7.02. The van der Waals surface area contributed by atoms with Gasteiger partial charge in [0, 0.05) is 18.8 Å². The molecule has 3 heterocycles. The van der Waals surface area contributed by atoms with Gasteiger partial charge in [0.2, 0.25) is 0 Å². The Morgan fingerprint density at radius 1 is 1.08 bits per heavy atom. The number of hydrogen-bond acceptors (Lipinski definition) is 7. The maximum atomic E-state index is 13.8. The number of rotatable bonds is 6. The summed E-state index contributed by atoms with van der Waals surface area (Å²) in [6, 6.07) is 15.1. The Morgan fingerprint density at radius 2 is 1.76 bits per heavy atom. The predicted molar refractivity (Wildman–Crippen MR) is 146 cm³/mol. The van der Waals surface area contributed by atoms with Crippen molar-refractivity contribution in [3.63, 3.8) is 0 Å². The molecule has 0 radical (unpaired) electrons. The number of carbonyl (C=O) groups excluding carboxylic acids is 1. The van der Waals surface area contributed by atoms with Crippen LogP contribution in [-0.4, -0.2) is 36.8 Å². The van der Waals surface area contributed by atoms with Crippen molar-refractivity contribution < 1.29 is 14.3 Å². The van der Waals surface area contributed by atoms with E-state index in [9.17, 15) is 9.59 Å². The van der Waals surface area contributed by atoms with Crippen LogP contribution in [-0.2, 0) is 9.53 Å². The average molecular weight is 518 g/mol. The lowest BCUT2D eigenvalue weighted by Crippen LogP contribution is -2.40. The number of nitrogens with zero attached hydrogens (tertiary/aromatic N) is 3. The van der Waals surface area contributed by atoms with Gasteiger partial charge in [0.25, 0.3) is 5.56 Å². The van der Waals surface area contributed by atoms with E-state index in [2.05, 4.69) is 22.0 Å². The number of thiazole rings is 1. The van der Waals surface area contributed by atoms with Gasteiger partial charge in [0.05, 0.1) is 35.1 Å². The van der Waals surface area contributed by atoms with E-state index in [0.717, 1.165) is 24.2 Å². The van der Waals surface area contributed by atoms with Crippen molar-refractivity contribution in [3.05, 3.63) is 90.6 Å². The van der Waals surface area contributed by atoms with Crippen LogP contribution in [0, 0.1) is 0 Å². The van der Waals surface area contributed by atoms with Gasteiger partial charge in [-0.1, -0.05) is 35.6 Å². The third-order valence-corrected chi connectivity index (χ3v) is 7.66. The van der Waals surface area contributed by atoms with E-state index in [1.54, 1.807) is 32.4 Å². The minimum atomic E-state index is -0.645. The van der Waals surface area contributed by atoms with E-state index < -0.39 is 12.0 Å². The smallest absolute Gasteiger partial charge is 0.338 e. The molecule has 0 aliphatic carbocycles. The molecule has 37 heavy (non-hydrogen) atoms. The van der Waals surface area contributed by atoms with Gasteiger partial charge in [-0.05, 0) is 75.1 Å². The fraction of sp³-hybridized carbons (Fsp3) is 0.345. The van der Waals surface area contributed by atoms with Crippen LogP contribution in [0.5, 0.6) is 5.75 Å². The van der Waals surface area contributed by atoms with Crippen LogP contribution in [0.3, 0.4) is 0 Å². The number of fused-ring (bicyclic) bond motifs is 1. The highest BCUT2D eigenvalue weighted by Crippen LogP contribution is 2.32. The van der Waals surface area contributed by atoms with Crippen molar-refractivity contribution in [1.29, 1.82) is 0 Å². The summed E-state index contributed by atoms with van der Waals surface area (Å²) in [7, 11) is 1.60. The number of aromatic nitrogens is 1. The Morgan fingerprint density at radius 3 is 2.38 bits per heavy atom. The molecule has 3 aromatic rings. The van der Waals surface area contributed by atoms with E-state index in [0.29, 0.717) is 26.4 Å². The summed E-state index contributed by atoms with van der Waals surface area (Å²) in [5.41, 5.74) is 3.68. The molecule has 2 aliphatic heterocycles. The van der Waals surface area contributed by atoms with Crippen molar-refractivity contribution in [2.75, 3.05) is 25.1 Å². The minimum Gasteiger partial charge on any atom is -0.497 e. The summed E-state index contributed by atoms with van der Waals surface area (Å²) in [5.74, 6) is 0.226. The maximum Gasteiger partial charge on any atom is 0.338 e. The molecular formula is C29H31N3O4S. The second-order valence-corrected chi connectivity index (χ2v) is 10.6. The SMILES string of the molecule is COc1ccc([C@H]2C(C(=O)OC(C)C)=C(C)N=c3s/c(=C/c4ccc(N5CCCC5)cc4)c(=O)n32)cc1. The molecule has 8 heteroatoms. The zero-order chi connectivity index (χ0) is 26.1. The Balaban J connectivity index is 1.60. The fourth-order valence-electron chi connectivity index (χ4n) is 4.87. The van der Waals surface area contributed by atoms with Gasteiger partial charge in [0.1, 0.15) is 5.75 Å². The second kappa shape index (κ2) is 10.4. The largest absolute Gasteiger partial charge is 0.497 e. The van der Waals surface area contributed by atoms with Crippen LogP contribution in [0.1, 0.15) is 50.8 Å². The van der Waals surface area contributed by atoms with Gasteiger partial charge in [-0.15, -0.1) is 0 Å². The zero-order valence-electron chi connectivity index (χ0n) is 21.6. The number of carbonyl (C=O) groups is 1. The standard InChI is InChI=1S/C29H31N3O4S/c1-18(2)36-28(34)25-19(3)30-29-32(26(25)21-9-13-23(35-4)14-10-21)27(33)24(37-29)17-20-7-11-22(12-8-20)31-15-5-6-16-31/h7-14,17-18,26H,5-6,15-16H2,1-4H3/b24-17+/t26-/m0/s1. The summed E-state index contributed by atoms with van der Waals surface area (Å²) in [4.78, 5) is 34.6. The van der Waals surface area contributed by atoms with E-state index in [-0.39, 0.29) is 11.7 Å². The molecule has 0 amide bonds. The predicted octanol–water partition coefficient (Wildman–Crippen LogP) is 3.80. The topological polar surface area (TPSA) is 73.1 Å². The highest BCUT2D eigenvalue weighted by Gasteiger charge is 2.33. The number of esters is 1. The molecule has 0 bridgehead atoms. The Labute approximate surface area is 220 Å². The molecule has 2 aromatic carbocycles. The van der Waals surface area contributed by atoms with E-state index in [4.69, 9.17) is 9.47 Å². The fourth-order valence-corrected chi connectivity index (χ4v) is 5.92. The summed E-state index contributed by atoms with van der Waals surface area (Å²) >= 11 is 1.33. The van der Waals surface area contributed by atoms with Gasteiger partial charge in [0.15, 0.2) is 4.80 Å². The van der Waals surface area contributed by atoms with Gasteiger partial charge in [-0.25, -0.2) is 9.79 Å². The van der Waals surface area contributed by atoms with Gasteiger partial charge >= 0.3 is 5.97 Å². The number of hydrogen-bond donors (Lipinski definition) is 0. The quantitative estimate of drug-likeness (QED) is 0.465. The first kappa shape index (κ1) is 25.0. The first-order valence-electron chi connectivity index (χ1n) is 12.6. The van der Waals surface area contributed by atoms with Crippen LogP contribution in [0.25, 0.3) is 6.08 Å². The van der Waals surface area contributed by atoms with Gasteiger partial charge in [-0.3, -0.25) is 9.36 Å². The third-order valence-electron chi connectivity index (χ3n) is 6.68. The van der Waals surface area contributed by atoms with E-state index in [1.807, 2.05) is 42.5 Å². The van der Waals surface area contributed by atoms with Crippen LogP contribution in [0.2, 0.25) is 0 Å². The molecule has 1 aromatic heterocycles. The second-order valence-electron chi connectivity index (χ2n) is 9.59. The number of methoxy groups -OCH3 is 1. The molecule has 0 N–H and O–H groups in total.